The van der Waals surface area contributed by atoms with Gasteiger partial charge in [-0.1, -0.05) is 12.1 Å². The van der Waals surface area contributed by atoms with E-state index in [4.69, 9.17) is 16.3 Å². The second-order valence-corrected chi connectivity index (χ2v) is 5.98. The predicted octanol–water partition coefficient (Wildman–Crippen LogP) is 3.24. The molecule has 0 N–H and O–H groups in total. The van der Waals surface area contributed by atoms with Crippen LogP contribution in [0.25, 0.3) is 0 Å². The van der Waals surface area contributed by atoms with Crippen LogP contribution in [0.3, 0.4) is 0 Å². The molecule has 2 aromatic rings. The minimum atomic E-state index is 0.00860. The number of para-hydroxylation sites is 2. The summed E-state index contributed by atoms with van der Waals surface area (Å²) in [6, 6.07) is 7.64. The lowest BCUT2D eigenvalue weighted by Gasteiger charge is -2.29. The van der Waals surface area contributed by atoms with Crippen molar-refractivity contribution in [2.24, 2.45) is 0 Å². The van der Waals surface area contributed by atoms with Crippen LogP contribution in [0.15, 0.2) is 29.6 Å². The van der Waals surface area contributed by atoms with Crippen molar-refractivity contribution >= 4 is 34.5 Å². The Kier molecular flexibility index (Phi) is 4.41. The maximum atomic E-state index is 12.0. The molecule has 2 heterocycles. The van der Waals surface area contributed by atoms with E-state index >= 15 is 0 Å². The molecule has 0 aliphatic carbocycles. The molecule has 3 rings (SSSR count). The van der Waals surface area contributed by atoms with Crippen LogP contribution in [0, 0.1) is 0 Å². The number of aryl methyl sites for hydroxylation is 1. The zero-order chi connectivity index (χ0) is 14.7. The molecule has 0 fully saturated rings. The van der Waals surface area contributed by atoms with Crippen molar-refractivity contribution in [2.75, 3.05) is 18.1 Å². The van der Waals surface area contributed by atoms with Crippen molar-refractivity contribution in [2.45, 2.75) is 18.7 Å². The lowest BCUT2D eigenvalue weighted by molar-refractivity contribution is -0.121. The number of halogens is 1. The van der Waals surface area contributed by atoms with Crippen LogP contribution < -0.4 is 9.64 Å². The number of anilines is 1. The van der Waals surface area contributed by atoms with Gasteiger partial charge in [0.25, 0.3) is 5.91 Å². The topological polar surface area (TPSA) is 42.4 Å². The number of amides is 1. The zero-order valence-electron chi connectivity index (χ0n) is 11.4. The molecule has 0 unspecified atom stereocenters. The number of aromatic nitrogens is 1. The molecule has 0 spiro atoms. The lowest BCUT2D eigenvalue weighted by Crippen LogP contribution is -2.39. The number of hydrogen-bond acceptors (Lipinski definition) is 4. The van der Waals surface area contributed by atoms with Crippen LogP contribution >= 0.6 is 22.9 Å². The Morgan fingerprint density at radius 1 is 1.38 bits per heavy atom. The van der Waals surface area contributed by atoms with E-state index in [0.29, 0.717) is 12.4 Å². The second kappa shape index (κ2) is 6.45. The van der Waals surface area contributed by atoms with Crippen molar-refractivity contribution < 1.29 is 9.53 Å². The molecule has 1 aromatic carbocycles. The highest BCUT2D eigenvalue weighted by atomic mass is 35.5. The molecule has 1 aliphatic rings. The van der Waals surface area contributed by atoms with Crippen LogP contribution in [0.4, 0.5) is 5.69 Å². The van der Waals surface area contributed by atoms with E-state index in [0.717, 1.165) is 35.0 Å². The highest BCUT2D eigenvalue weighted by Crippen LogP contribution is 2.31. The number of rotatable bonds is 5. The van der Waals surface area contributed by atoms with E-state index in [1.807, 2.05) is 29.6 Å². The summed E-state index contributed by atoms with van der Waals surface area (Å²) in [7, 11) is 0. The molecule has 1 amide bonds. The number of carbonyl (C=O) groups excluding carboxylic acids is 1. The minimum absolute atomic E-state index is 0.00860. The third-order valence-electron chi connectivity index (χ3n) is 3.32. The summed E-state index contributed by atoms with van der Waals surface area (Å²) < 4.78 is 5.43. The van der Waals surface area contributed by atoms with E-state index in [-0.39, 0.29) is 12.5 Å². The van der Waals surface area contributed by atoms with Gasteiger partial charge in [0.15, 0.2) is 6.61 Å². The SMILES string of the molecule is O=C1COc2ccccc2N1CCCc1nc(CCl)cs1. The minimum Gasteiger partial charge on any atom is -0.482 e. The average molecular weight is 323 g/mol. The fourth-order valence-electron chi connectivity index (χ4n) is 2.31. The number of fused-ring (bicyclic) bond motifs is 1. The number of alkyl halides is 1. The van der Waals surface area contributed by atoms with Crippen LogP contribution in [-0.2, 0) is 17.1 Å². The Morgan fingerprint density at radius 2 is 2.24 bits per heavy atom. The van der Waals surface area contributed by atoms with Gasteiger partial charge in [0.05, 0.1) is 22.3 Å². The third-order valence-corrected chi connectivity index (χ3v) is 4.55. The van der Waals surface area contributed by atoms with Gasteiger partial charge in [-0.2, -0.15) is 0 Å². The van der Waals surface area contributed by atoms with Crippen LogP contribution in [0.2, 0.25) is 0 Å². The van der Waals surface area contributed by atoms with Gasteiger partial charge in [-0.05, 0) is 18.6 Å². The Bertz CT molecular complexity index is 644. The van der Waals surface area contributed by atoms with Gasteiger partial charge in [-0.25, -0.2) is 4.98 Å². The summed E-state index contributed by atoms with van der Waals surface area (Å²) in [6.45, 7) is 0.791. The summed E-state index contributed by atoms with van der Waals surface area (Å²) >= 11 is 7.37. The summed E-state index contributed by atoms with van der Waals surface area (Å²) in [5.41, 5.74) is 1.78. The molecule has 6 heteroatoms. The van der Waals surface area contributed by atoms with Crippen LogP contribution in [0.1, 0.15) is 17.1 Å². The molecule has 21 heavy (non-hydrogen) atoms. The van der Waals surface area contributed by atoms with Gasteiger partial charge in [0, 0.05) is 18.3 Å². The summed E-state index contributed by atoms with van der Waals surface area (Å²) in [5, 5.41) is 3.05. The number of benzene rings is 1. The molecule has 0 saturated carbocycles. The van der Waals surface area contributed by atoms with Gasteiger partial charge in [-0.3, -0.25) is 4.79 Å². The maximum absolute atomic E-state index is 12.0. The number of thiazole rings is 1. The summed E-state index contributed by atoms with van der Waals surface area (Å²) in [6.07, 6.45) is 1.73. The normalized spacial score (nSPS) is 14.0. The first kappa shape index (κ1) is 14.4. The largest absolute Gasteiger partial charge is 0.482 e. The number of carbonyl (C=O) groups is 1. The van der Waals surface area contributed by atoms with Gasteiger partial charge >= 0.3 is 0 Å². The molecule has 4 nitrogen and oxygen atoms in total. The van der Waals surface area contributed by atoms with Gasteiger partial charge in [0.2, 0.25) is 0 Å². The maximum Gasteiger partial charge on any atom is 0.265 e. The summed E-state index contributed by atoms with van der Waals surface area (Å²) in [5.74, 6) is 1.23. The molecule has 1 aromatic heterocycles. The zero-order valence-corrected chi connectivity index (χ0v) is 13.0. The van der Waals surface area contributed by atoms with Gasteiger partial charge in [0.1, 0.15) is 5.75 Å². The molecule has 0 atom stereocenters. The van der Waals surface area contributed by atoms with Crippen molar-refractivity contribution in [3.05, 3.63) is 40.3 Å². The fourth-order valence-corrected chi connectivity index (χ4v) is 3.38. The number of ether oxygens (including phenoxy) is 1. The van der Waals surface area contributed by atoms with E-state index < -0.39 is 0 Å². The molecule has 0 radical (unpaired) electrons. The van der Waals surface area contributed by atoms with E-state index in [1.54, 1.807) is 16.2 Å². The first-order valence-corrected chi connectivity index (χ1v) is 8.21. The molecule has 0 bridgehead atoms. The Hall–Kier alpha value is -1.59. The Balaban J connectivity index is 1.63. The third kappa shape index (κ3) is 3.19. The summed E-state index contributed by atoms with van der Waals surface area (Å²) in [4.78, 5) is 18.3. The van der Waals surface area contributed by atoms with E-state index in [2.05, 4.69) is 4.98 Å². The highest BCUT2D eigenvalue weighted by Gasteiger charge is 2.24. The Morgan fingerprint density at radius 3 is 3.05 bits per heavy atom. The first-order valence-electron chi connectivity index (χ1n) is 6.79. The molecular weight excluding hydrogens is 308 g/mol. The first-order chi connectivity index (χ1) is 10.3. The van der Waals surface area contributed by atoms with Gasteiger partial charge in [-0.15, -0.1) is 22.9 Å². The molecule has 0 saturated heterocycles. The highest BCUT2D eigenvalue weighted by molar-refractivity contribution is 7.09. The molecule has 1 aliphatic heterocycles. The van der Waals surface area contributed by atoms with Crippen molar-refractivity contribution in [3.63, 3.8) is 0 Å². The smallest absolute Gasteiger partial charge is 0.265 e. The molecular formula is C15H15ClN2O2S. The van der Waals surface area contributed by atoms with Gasteiger partial charge < -0.3 is 9.64 Å². The lowest BCUT2D eigenvalue weighted by atomic mass is 10.2. The quantitative estimate of drug-likeness (QED) is 0.794. The number of nitrogens with zero attached hydrogens (tertiary/aromatic N) is 2. The number of hydrogen-bond donors (Lipinski definition) is 0. The van der Waals surface area contributed by atoms with Crippen molar-refractivity contribution in [1.29, 1.82) is 0 Å². The van der Waals surface area contributed by atoms with Crippen molar-refractivity contribution in [1.82, 2.24) is 4.98 Å². The van der Waals surface area contributed by atoms with E-state index in [9.17, 15) is 4.79 Å². The van der Waals surface area contributed by atoms with Crippen molar-refractivity contribution in [3.8, 4) is 5.75 Å². The monoisotopic (exact) mass is 322 g/mol. The predicted molar refractivity (Wildman–Crippen MR) is 84.3 cm³/mol. The standard InChI is InChI=1S/C15H15ClN2O2S/c16-8-11-10-21-14(17-11)6-3-7-18-12-4-1-2-5-13(12)20-9-15(18)19/h1-2,4-5,10H,3,6-9H2. The van der Waals surface area contributed by atoms with Crippen LogP contribution in [0.5, 0.6) is 5.75 Å². The second-order valence-electron chi connectivity index (χ2n) is 4.77. The van der Waals surface area contributed by atoms with E-state index in [1.165, 1.54) is 0 Å². The van der Waals surface area contributed by atoms with Crippen LogP contribution in [-0.4, -0.2) is 24.0 Å². The Labute approximate surface area is 132 Å². The fraction of sp³-hybridized carbons (Fsp3) is 0.333. The average Bonchev–Trinajstić information content (AvgIpc) is 2.97. The molecule has 110 valence electrons.